The lowest BCUT2D eigenvalue weighted by molar-refractivity contribution is -0.125. The van der Waals surface area contributed by atoms with Gasteiger partial charge in [-0.15, -0.1) is 0 Å². The zero-order valence-corrected chi connectivity index (χ0v) is 20.3. The van der Waals surface area contributed by atoms with E-state index in [1.807, 2.05) is 13.8 Å². The number of imide groups is 1. The van der Waals surface area contributed by atoms with Crippen LogP contribution in [0.5, 0.6) is 5.75 Å². The first-order chi connectivity index (χ1) is 17.2. The number of hydrogen-bond acceptors (Lipinski definition) is 6. The van der Waals surface area contributed by atoms with Gasteiger partial charge in [-0.2, -0.15) is 0 Å². The van der Waals surface area contributed by atoms with Crippen molar-refractivity contribution >= 4 is 41.0 Å². The van der Waals surface area contributed by atoms with Gasteiger partial charge in [0.1, 0.15) is 11.8 Å². The predicted molar refractivity (Wildman–Crippen MR) is 133 cm³/mol. The number of anilines is 2. The molecule has 11 heteroatoms. The SMILES string of the molecule is COc1ccccc1C(=O)NC(C(=O)Nc1ccc(NC(=O)CCN2C(=O)CNC2=O)cc1)C(C)C. The molecule has 0 radical (unpaired) electrons. The second-order valence-electron chi connectivity index (χ2n) is 8.46. The molecule has 4 N–H and O–H groups in total. The summed E-state index contributed by atoms with van der Waals surface area (Å²) in [7, 11) is 1.47. The minimum Gasteiger partial charge on any atom is -0.496 e. The quantitative estimate of drug-likeness (QED) is 0.371. The first kappa shape index (κ1) is 26.2. The molecule has 2 aromatic rings. The van der Waals surface area contributed by atoms with Gasteiger partial charge in [-0.3, -0.25) is 24.1 Å². The molecule has 1 unspecified atom stereocenters. The molecule has 36 heavy (non-hydrogen) atoms. The van der Waals surface area contributed by atoms with Gasteiger partial charge in [0.25, 0.3) is 5.91 Å². The van der Waals surface area contributed by atoms with E-state index in [0.29, 0.717) is 22.7 Å². The summed E-state index contributed by atoms with van der Waals surface area (Å²) >= 11 is 0. The fraction of sp³-hybridized carbons (Fsp3) is 0.320. The number of nitrogens with one attached hydrogen (secondary N) is 4. The third-order valence-corrected chi connectivity index (χ3v) is 5.52. The Kier molecular flexibility index (Phi) is 8.61. The Morgan fingerprint density at radius 1 is 1.00 bits per heavy atom. The minimum absolute atomic E-state index is 0.0121. The number of nitrogens with zero attached hydrogens (tertiary/aromatic N) is 1. The highest BCUT2D eigenvalue weighted by Crippen LogP contribution is 2.19. The van der Waals surface area contributed by atoms with E-state index in [1.54, 1.807) is 48.5 Å². The summed E-state index contributed by atoms with van der Waals surface area (Å²) in [5.41, 5.74) is 1.29. The Morgan fingerprint density at radius 2 is 1.64 bits per heavy atom. The number of urea groups is 1. The first-order valence-corrected chi connectivity index (χ1v) is 11.4. The number of para-hydroxylation sites is 1. The van der Waals surface area contributed by atoms with Crippen molar-refractivity contribution in [1.29, 1.82) is 0 Å². The van der Waals surface area contributed by atoms with Crippen LogP contribution in [0.15, 0.2) is 48.5 Å². The smallest absolute Gasteiger partial charge is 0.324 e. The van der Waals surface area contributed by atoms with Gasteiger partial charge >= 0.3 is 6.03 Å². The average Bonchev–Trinajstić information content (AvgIpc) is 3.18. The van der Waals surface area contributed by atoms with Crippen LogP contribution >= 0.6 is 0 Å². The van der Waals surface area contributed by atoms with E-state index >= 15 is 0 Å². The highest BCUT2D eigenvalue weighted by molar-refractivity contribution is 6.03. The van der Waals surface area contributed by atoms with Crippen molar-refractivity contribution in [1.82, 2.24) is 15.5 Å². The van der Waals surface area contributed by atoms with E-state index in [9.17, 15) is 24.0 Å². The largest absolute Gasteiger partial charge is 0.496 e. The van der Waals surface area contributed by atoms with Crippen LogP contribution in [-0.2, 0) is 14.4 Å². The normalized spacial score (nSPS) is 13.7. The summed E-state index contributed by atoms with van der Waals surface area (Å²) in [6.45, 7) is 3.58. The number of rotatable bonds is 10. The van der Waals surface area contributed by atoms with Crippen LogP contribution in [-0.4, -0.2) is 60.8 Å². The number of hydrogen-bond donors (Lipinski definition) is 4. The molecule has 190 valence electrons. The van der Waals surface area contributed by atoms with Crippen LogP contribution in [0.1, 0.15) is 30.6 Å². The van der Waals surface area contributed by atoms with Crippen molar-refractivity contribution in [2.24, 2.45) is 5.92 Å². The van der Waals surface area contributed by atoms with E-state index in [0.717, 1.165) is 4.90 Å². The number of carbonyl (C=O) groups excluding carboxylic acids is 5. The molecule has 1 atom stereocenters. The number of ether oxygens (including phenoxy) is 1. The zero-order chi connectivity index (χ0) is 26.2. The lowest BCUT2D eigenvalue weighted by Crippen LogP contribution is -2.47. The Morgan fingerprint density at radius 3 is 2.22 bits per heavy atom. The molecule has 0 saturated carbocycles. The topological polar surface area (TPSA) is 146 Å². The van der Waals surface area contributed by atoms with Crippen LogP contribution in [0.4, 0.5) is 16.2 Å². The van der Waals surface area contributed by atoms with Crippen molar-refractivity contribution in [3.05, 3.63) is 54.1 Å². The molecule has 0 aromatic heterocycles. The maximum atomic E-state index is 12.9. The highest BCUT2D eigenvalue weighted by Gasteiger charge is 2.28. The lowest BCUT2D eigenvalue weighted by Gasteiger charge is -2.22. The molecule has 0 spiro atoms. The van der Waals surface area contributed by atoms with Gasteiger partial charge in [0.15, 0.2) is 0 Å². The van der Waals surface area contributed by atoms with E-state index in [2.05, 4.69) is 21.3 Å². The molecule has 0 aliphatic carbocycles. The highest BCUT2D eigenvalue weighted by atomic mass is 16.5. The molecule has 1 saturated heterocycles. The van der Waals surface area contributed by atoms with E-state index < -0.39 is 23.9 Å². The minimum atomic E-state index is -0.799. The van der Waals surface area contributed by atoms with E-state index in [1.165, 1.54) is 7.11 Å². The van der Waals surface area contributed by atoms with Gasteiger partial charge < -0.3 is 26.0 Å². The van der Waals surface area contributed by atoms with Crippen molar-refractivity contribution in [3.63, 3.8) is 0 Å². The number of amides is 6. The fourth-order valence-electron chi connectivity index (χ4n) is 3.56. The third kappa shape index (κ3) is 6.59. The monoisotopic (exact) mass is 495 g/mol. The van der Waals surface area contributed by atoms with Crippen LogP contribution in [0.3, 0.4) is 0 Å². The molecule has 3 rings (SSSR count). The second kappa shape index (κ2) is 11.8. The van der Waals surface area contributed by atoms with Gasteiger partial charge in [-0.25, -0.2) is 4.79 Å². The van der Waals surface area contributed by atoms with Crippen LogP contribution < -0.4 is 26.0 Å². The van der Waals surface area contributed by atoms with E-state index in [4.69, 9.17) is 4.74 Å². The van der Waals surface area contributed by atoms with Crippen molar-refractivity contribution in [2.45, 2.75) is 26.3 Å². The molecule has 6 amide bonds. The van der Waals surface area contributed by atoms with Gasteiger partial charge in [0.05, 0.1) is 19.2 Å². The Labute approximate surface area is 208 Å². The first-order valence-electron chi connectivity index (χ1n) is 11.4. The standard InChI is InChI=1S/C25H29N5O6/c1-15(2)22(29-23(33)18-6-4-5-7-19(18)36-3)24(34)28-17-10-8-16(9-11-17)27-20(31)12-13-30-21(32)14-26-25(30)35/h4-11,15,22H,12-14H2,1-3H3,(H,26,35)(H,27,31)(H,28,34)(H,29,33). The van der Waals surface area contributed by atoms with Crippen molar-refractivity contribution < 1.29 is 28.7 Å². The van der Waals surface area contributed by atoms with Crippen LogP contribution in [0, 0.1) is 5.92 Å². The van der Waals surface area contributed by atoms with Crippen molar-refractivity contribution in [3.8, 4) is 5.75 Å². The third-order valence-electron chi connectivity index (χ3n) is 5.52. The molecule has 0 bridgehead atoms. The summed E-state index contributed by atoms with van der Waals surface area (Å²) in [5, 5.41) is 10.6. The Bertz CT molecular complexity index is 1130. The molecular weight excluding hydrogens is 466 g/mol. The summed E-state index contributed by atoms with van der Waals surface area (Å²) in [6.07, 6.45) is -0.0420. The molecule has 1 fully saturated rings. The Balaban J connectivity index is 1.55. The molecule has 1 aliphatic rings. The van der Waals surface area contributed by atoms with E-state index in [-0.39, 0.29) is 37.2 Å². The molecule has 11 nitrogen and oxygen atoms in total. The lowest BCUT2D eigenvalue weighted by atomic mass is 10.0. The summed E-state index contributed by atoms with van der Waals surface area (Å²) < 4.78 is 5.23. The number of benzene rings is 2. The van der Waals surface area contributed by atoms with Crippen molar-refractivity contribution in [2.75, 3.05) is 30.8 Å². The van der Waals surface area contributed by atoms with Crippen LogP contribution in [0.25, 0.3) is 0 Å². The molecule has 1 aliphatic heterocycles. The maximum absolute atomic E-state index is 12.9. The molecule has 1 heterocycles. The summed E-state index contributed by atoms with van der Waals surface area (Å²) in [4.78, 5) is 62.0. The fourth-order valence-corrected chi connectivity index (χ4v) is 3.56. The predicted octanol–water partition coefficient (Wildman–Crippen LogP) is 1.97. The summed E-state index contributed by atoms with van der Waals surface area (Å²) in [5.74, 6) is -1.33. The van der Waals surface area contributed by atoms with Gasteiger partial charge in [-0.1, -0.05) is 26.0 Å². The zero-order valence-electron chi connectivity index (χ0n) is 20.3. The molecule has 2 aromatic carbocycles. The average molecular weight is 496 g/mol. The number of carbonyl (C=O) groups is 5. The van der Waals surface area contributed by atoms with Gasteiger partial charge in [0, 0.05) is 24.3 Å². The van der Waals surface area contributed by atoms with Gasteiger partial charge in [-0.05, 0) is 42.3 Å². The molecular formula is C25H29N5O6. The summed E-state index contributed by atoms with van der Waals surface area (Å²) in [6, 6.07) is 11.9. The number of methoxy groups -OCH3 is 1. The van der Waals surface area contributed by atoms with Crippen LogP contribution in [0.2, 0.25) is 0 Å². The Hall–Kier alpha value is -4.41. The van der Waals surface area contributed by atoms with Gasteiger partial charge in [0.2, 0.25) is 17.7 Å². The maximum Gasteiger partial charge on any atom is 0.324 e. The second-order valence-corrected chi connectivity index (χ2v) is 8.46.